The van der Waals surface area contributed by atoms with Crippen molar-refractivity contribution in [3.63, 3.8) is 0 Å². The zero-order valence-corrected chi connectivity index (χ0v) is 16.7. The molecular weight excluding hydrogens is 443 g/mol. The molecule has 9 nitrogen and oxygen atoms in total. The second-order valence-corrected chi connectivity index (χ2v) is 6.76. The van der Waals surface area contributed by atoms with Crippen molar-refractivity contribution in [2.75, 3.05) is 43.5 Å². The molecule has 1 aliphatic heterocycles. The third-order valence-electron chi connectivity index (χ3n) is 4.07. The Morgan fingerprint density at radius 1 is 1.16 bits per heavy atom. The van der Waals surface area contributed by atoms with Crippen LogP contribution in [-0.4, -0.2) is 65.9 Å². The van der Waals surface area contributed by atoms with Crippen LogP contribution in [0.4, 0.5) is 24.7 Å². The lowest BCUT2D eigenvalue weighted by Crippen LogP contribution is -2.41. The number of morpholine rings is 1. The first kappa shape index (κ1) is 22.7. The van der Waals surface area contributed by atoms with E-state index in [1.54, 1.807) is 4.90 Å². The quantitative estimate of drug-likeness (QED) is 0.683. The summed E-state index contributed by atoms with van der Waals surface area (Å²) in [6.07, 6.45) is -2.55. The fourth-order valence-corrected chi connectivity index (χ4v) is 2.80. The Balaban J connectivity index is 1.77. The topological polar surface area (TPSA) is 106 Å². The number of hydrogen-bond donors (Lipinski definition) is 2. The number of rotatable bonds is 6. The summed E-state index contributed by atoms with van der Waals surface area (Å²) < 4.78 is 47.4. The minimum atomic E-state index is -4.98. The zero-order valence-electron chi connectivity index (χ0n) is 15.9. The van der Waals surface area contributed by atoms with E-state index in [1.807, 2.05) is 0 Å². The zero-order chi connectivity index (χ0) is 22.4. The number of carbonyl (C=O) groups is 2. The second-order valence-electron chi connectivity index (χ2n) is 6.37. The number of nitrogens with zero attached hydrogens (tertiary/aromatic N) is 3. The van der Waals surface area contributed by atoms with Gasteiger partial charge in [0.05, 0.1) is 37.8 Å². The van der Waals surface area contributed by atoms with E-state index >= 15 is 0 Å². The lowest BCUT2D eigenvalue weighted by atomic mass is 10.1. The first-order chi connectivity index (χ1) is 14.7. The molecule has 1 saturated heterocycles. The molecular formula is C18H17ClF3N5O4. The molecule has 0 aliphatic carbocycles. The largest absolute Gasteiger partial charge is 0.573 e. The highest BCUT2D eigenvalue weighted by molar-refractivity contribution is 6.29. The molecule has 1 aromatic carbocycles. The van der Waals surface area contributed by atoms with Crippen molar-refractivity contribution in [3.05, 3.63) is 41.3 Å². The van der Waals surface area contributed by atoms with Crippen LogP contribution in [0.1, 0.15) is 10.4 Å². The third kappa shape index (κ3) is 7.05. The van der Waals surface area contributed by atoms with Gasteiger partial charge in [-0.05, 0) is 18.2 Å². The Hall–Kier alpha value is -2.96. The van der Waals surface area contributed by atoms with E-state index in [2.05, 4.69) is 25.3 Å². The van der Waals surface area contributed by atoms with Crippen LogP contribution in [0.25, 0.3) is 0 Å². The van der Waals surface area contributed by atoms with Crippen LogP contribution in [0, 0.1) is 0 Å². The van der Waals surface area contributed by atoms with E-state index < -0.39 is 23.9 Å². The molecule has 1 aromatic heterocycles. The summed E-state index contributed by atoms with van der Waals surface area (Å²) in [5.74, 6) is -1.80. The summed E-state index contributed by atoms with van der Waals surface area (Å²) in [7, 11) is 0. The lowest BCUT2D eigenvalue weighted by Gasteiger charge is -2.26. The van der Waals surface area contributed by atoms with Crippen molar-refractivity contribution in [1.82, 2.24) is 14.9 Å². The van der Waals surface area contributed by atoms with E-state index in [0.29, 0.717) is 26.3 Å². The summed E-state index contributed by atoms with van der Waals surface area (Å²) >= 11 is 5.63. The van der Waals surface area contributed by atoms with Gasteiger partial charge in [0.1, 0.15) is 5.15 Å². The number of carbonyl (C=O) groups excluding carboxylic acids is 2. The molecule has 166 valence electrons. The van der Waals surface area contributed by atoms with Gasteiger partial charge < -0.3 is 20.1 Å². The lowest BCUT2D eigenvalue weighted by molar-refractivity contribution is -0.274. The van der Waals surface area contributed by atoms with Crippen LogP contribution >= 0.6 is 11.6 Å². The van der Waals surface area contributed by atoms with Crippen molar-refractivity contribution in [1.29, 1.82) is 0 Å². The van der Waals surface area contributed by atoms with Crippen LogP contribution in [0.2, 0.25) is 5.15 Å². The Morgan fingerprint density at radius 3 is 2.55 bits per heavy atom. The van der Waals surface area contributed by atoms with Gasteiger partial charge in [0.25, 0.3) is 5.91 Å². The molecule has 0 bridgehead atoms. The molecule has 0 spiro atoms. The number of amides is 2. The number of ether oxygens (including phenoxy) is 2. The van der Waals surface area contributed by atoms with Crippen molar-refractivity contribution in [2.24, 2.45) is 0 Å². The molecule has 0 unspecified atom stereocenters. The molecule has 31 heavy (non-hydrogen) atoms. The third-order valence-corrected chi connectivity index (χ3v) is 4.27. The van der Waals surface area contributed by atoms with E-state index in [1.165, 1.54) is 12.4 Å². The number of nitrogens with one attached hydrogen (secondary N) is 2. The maximum atomic E-state index is 12.7. The van der Waals surface area contributed by atoms with Gasteiger partial charge in [-0.2, -0.15) is 0 Å². The summed E-state index contributed by atoms with van der Waals surface area (Å²) in [6.45, 7) is 1.90. The molecule has 2 aromatic rings. The fourth-order valence-electron chi connectivity index (χ4n) is 2.70. The van der Waals surface area contributed by atoms with Crippen LogP contribution in [0.15, 0.2) is 30.6 Å². The number of aromatic nitrogens is 2. The molecule has 0 atom stereocenters. The van der Waals surface area contributed by atoms with Gasteiger partial charge >= 0.3 is 6.36 Å². The van der Waals surface area contributed by atoms with Gasteiger partial charge in [-0.15, -0.1) is 13.2 Å². The van der Waals surface area contributed by atoms with E-state index in [4.69, 9.17) is 16.3 Å². The highest BCUT2D eigenvalue weighted by Gasteiger charge is 2.32. The van der Waals surface area contributed by atoms with Crippen molar-refractivity contribution < 1.29 is 32.2 Å². The SMILES string of the molecule is O=C(CN1CCOCC1)Nc1cc(C(=O)Nc2cnc(Cl)cn2)ccc1OC(F)(F)F. The van der Waals surface area contributed by atoms with Crippen molar-refractivity contribution in [3.8, 4) is 5.75 Å². The highest BCUT2D eigenvalue weighted by Crippen LogP contribution is 2.31. The Bertz CT molecular complexity index is 937. The van der Waals surface area contributed by atoms with E-state index in [9.17, 15) is 22.8 Å². The van der Waals surface area contributed by atoms with Crippen LogP contribution in [-0.2, 0) is 9.53 Å². The molecule has 13 heteroatoms. The van der Waals surface area contributed by atoms with Gasteiger partial charge in [-0.1, -0.05) is 11.6 Å². The minimum absolute atomic E-state index is 0.0343. The van der Waals surface area contributed by atoms with E-state index in [-0.39, 0.29) is 28.8 Å². The molecule has 0 radical (unpaired) electrons. The normalized spacial score (nSPS) is 14.7. The van der Waals surface area contributed by atoms with Gasteiger partial charge in [-0.25, -0.2) is 9.97 Å². The summed E-state index contributed by atoms with van der Waals surface area (Å²) in [6, 6.07) is 3.15. The number of hydrogen-bond acceptors (Lipinski definition) is 7. The first-order valence-corrected chi connectivity index (χ1v) is 9.36. The number of anilines is 2. The number of benzene rings is 1. The van der Waals surface area contributed by atoms with Crippen LogP contribution in [0.5, 0.6) is 5.75 Å². The Kier molecular flexibility index (Phi) is 7.25. The van der Waals surface area contributed by atoms with E-state index in [0.717, 1.165) is 18.2 Å². The van der Waals surface area contributed by atoms with Crippen LogP contribution in [0.3, 0.4) is 0 Å². The molecule has 2 amide bonds. The molecule has 1 aliphatic rings. The summed E-state index contributed by atoms with van der Waals surface area (Å²) in [5.41, 5.74) is -0.335. The fraction of sp³-hybridized carbons (Fsp3) is 0.333. The maximum Gasteiger partial charge on any atom is 0.573 e. The summed E-state index contributed by atoms with van der Waals surface area (Å²) in [5, 5.41) is 4.93. The monoisotopic (exact) mass is 459 g/mol. The Morgan fingerprint density at radius 2 is 1.90 bits per heavy atom. The molecule has 2 N–H and O–H groups in total. The first-order valence-electron chi connectivity index (χ1n) is 8.98. The highest BCUT2D eigenvalue weighted by atomic mass is 35.5. The molecule has 0 saturated carbocycles. The number of halogens is 4. The van der Waals surface area contributed by atoms with Gasteiger partial charge in [0, 0.05) is 18.7 Å². The second kappa shape index (κ2) is 9.90. The van der Waals surface area contributed by atoms with Gasteiger partial charge in [-0.3, -0.25) is 14.5 Å². The average Bonchev–Trinajstić information content (AvgIpc) is 2.70. The van der Waals surface area contributed by atoms with Gasteiger partial charge in [0.2, 0.25) is 5.91 Å². The predicted molar refractivity (Wildman–Crippen MR) is 104 cm³/mol. The maximum absolute atomic E-state index is 12.7. The molecule has 1 fully saturated rings. The Labute approximate surface area is 179 Å². The van der Waals surface area contributed by atoms with Gasteiger partial charge in [0.15, 0.2) is 11.6 Å². The van der Waals surface area contributed by atoms with Crippen LogP contribution < -0.4 is 15.4 Å². The molecule has 3 rings (SSSR count). The van der Waals surface area contributed by atoms with Crippen molar-refractivity contribution in [2.45, 2.75) is 6.36 Å². The predicted octanol–water partition coefficient (Wildman–Crippen LogP) is 2.55. The standard InChI is InChI=1S/C18H17ClF3N5O4/c19-14-8-24-15(9-23-14)26-17(29)11-1-2-13(31-18(20,21)22)12(7-11)25-16(28)10-27-3-5-30-6-4-27/h1-2,7-9H,3-6,10H2,(H,25,28)(H,24,26,29). The smallest absolute Gasteiger partial charge is 0.404 e. The minimum Gasteiger partial charge on any atom is -0.404 e. The van der Waals surface area contributed by atoms with Crippen molar-refractivity contribution >= 4 is 34.9 Å². The summed E-state index contributed by atoms with van der Waals surface area (Å²) in [4.78, 5) is 34.2. The molecule has 2 heterocycles. The number of alkyl halides is 3. The average molecular weight is 460 g/mol.